The van der Waals surface area contributed by atoms with E-state index in [1.165, 1.54) is 92.1 Å². The van der Waals surface area contributed by atoms with Gasteiger partial charge in [0.15, 0.2) is 0 Å². The molecule has 0 N–H and O–H groups in total. The van der Waals surface area contributed by atoms with Crippen LogP contribution >= 0.6 is 11.3 Å². The Morgan fingerprint density at radius 3 is 2.16 bits per heavy atom. The molecule has 0 fully saturated rings. The topological polar surface area (TPSA) is 0 Å². The highest BCUT2D eigenvalue weighted by molar-refractivity contribution is 7.20. The van der Waals surface area contributed by atoms with Crippen LogP contribution in [0.1, 0.15) is 47.9 Å². The summed E-state index contributed by atoms with van der Waals surface area (Å²) in [5.74, 6) is 0. The minimum atomic E-state index is -0.0515. The van der Waals surface area contributed by atoms with Crippen LogP contribution in [0.3, 0.4) is 0 Å². The predicted molar refractivity (Wildman–Crippen MR) is 195 cm³/mol. The van der Waals surface area contributed by atoms with Gasteiger partial charge in [0.2, 0.25) is 0 Å². The molecule has 44 heavy (non-hydrogen) atoms. The summed E-state index contributed by atoms with van der Waals surface area (Å²) in [6, 6.07) is 38.9. The Morgan fingerprint density at radius 1 is 0.659 bits per heavy atom. The molecule has 1 aliphatic rings. The van der Waals surface area contributed by atoms with Gasteiger partial charge in [-0.15, -0.1) is 11.3 Å². The first-order valence-corrected chi connectivity index (χ1v) is 16.2. The highest BCUT2D eigenvalue weighted by Crippen LogP contribution is 2.52. The lowest BCUT2D eigenvalue weighted by atomic mass is 9.80. The van der Waals surface area contributed by atoms with E-state index in [9.17, 15) is 0 Å². The van der Waals surface area contributed by atoms with Crippen molar-refractivity contribution in [1.29, 1.82) is 0 Å². The summed E-state index contributed by atoms with van der Waals surface area (Å²) in [7, 11) is 0. The lowest BCUT2D eigenvalue weighted by Gasteiger charge is -2.23. The highest BCUT2D eigenvalue weighted by Gasteiger charge is 2.35. The molecule has 0 amide bonds. The van der Waals surface area contributed by atoms with Crippen LogP contribution in [0.15, 0.2) is 116 Å². The summed E-state index contributed by atoms with van der Waals surface area (Å²) in [6.45, 7) is 13.2. The van der Waals surface area contributed by atoms with Gasteiger partial charge in [0.1, 0.15) is 0 Å². The maximum absolute atomic E-state index is 4.15. The molecule has 212 valence electrons. The molecule has 0 bridgehead atoms. The molecule has 0 saturated heterocycles. The number of thiophene rings is 1. The van der Waals surface area contributed by atoms with Crippen molar-refractivity contribution in [2.75, 3.05) is 0 Å². The lowest BCUT2D eigenvalue weighted by molar-refractivity contribution is 0.660. The van der Waals surface area contributed by atoms with E-state index in [-0.39, 0.29) is 5.41 Å². The van der Waals surface area contributed by atoms with Crippen LogP contribution in [0, 0.1) is 6.92 Å². The van der Waals surface area contributed by atoms with Gasteiger partial charge in [-0.3, -0.25) is 0 Å². The number of hydrogen-bond acceptors (Lipinski definition) is 1. The van der Waals surface area contributed by atoms with Gasteiger partial charge in [0.05, 0.1) is 0 Å². The Morgan fingerprint density at radius 2 is 1.36 bits per heavy atom. The number of rotatable bonds is 4. The zero-order valence-corrected chi connectivity index (χ0v) is 26.5. The van der Waals surface area contributed by atoms with Crippen molar-refractivity contribution in [2.45, 2.75) is 33.1 Å². The van der Waals surface area contributed by atoms with E-state index >= 15 is 0 Å². The summed E-state index contributed by atoms with van der Waals surface area (Å²) < 4.78 is 1.29. The Labute approximate surface area is 263 Å². The van der Waals surface area contributed by atoms with Crippen LogP contribution in [0.5, 0.6) is 0 Å². The van der Waals surface area contributed by atoms with Crippen LogP contribution < -0.4 is 0 Å². The van der Waals surface area contributed by atoms with Crippen molar-refractivity contribution in [3.8, 4) is 33.4 Å². The molecular weight excluding hydrogens is 549 g/mol. The molecule has 0 unspecified atom stereocenters. The smallest absolute Gasteiger partial charge is 0.0361 e. The third-order valence-electron chi connectivity index (χ3n) is 9.62. The van der Waals surface area contributed by atoms with E-state index in [2.05, 4.69) is 150 Å². The van der Waals surface area contributed by atoms with E-state index in [1.54, 1.807) is 0 Å². The van der Waals surface area contributed by atoms with E-state index in [0.717, 1.165) is 0 Å². The van der Waals surface area contributed by atoms with Gasteiger partial charge in [0.25, 0.3) is 0 Å². The highest BCUT2D eigenvalue weighted by atomic mass is 32.1. The molecule has 1 heterocycles. The Balaban J connectivity index is 1.49. The predicted octanol–water partition coefficient (Wildman–Crippen LogP) is 12.8. The van der Waals surface area contributed by atoms with E-state index in [4.69, 9.17) is 0 Å². The Kier molecular flexibility index (Phi) is 6.05. The fraction of sp³-hybridized carbons (Fsp3) is 0.116. The second-order valence-corrected chi connectivity index (χ2v) is 13.6. The quantitative estimate of drug-likeness (QED) is 0.181. The van der Waals surface area contributed by atoms with Crippen LogP contribution in [0.4, 0.5) is 0 Å². The van der Waals surface area contributed by atoms with Crippen molar-refractivity contribution in [1.82, 2.24) is 0 Å². The Bertz CT molecular complexity index is 2340. The number of allylic oxidation sites excluding steroid dienone is 1. The minimum absolute atomic E-state index is 0.0515. The zero-order chi connectivity index (χ0) is 30.2. The standard InChI is InChI=1S/C43H34S/c1-6-13-33-38(7-2)44-39-19-12-17-34(42(33)39)41-31-16-9-8-15-30(31)40(35-24-26(3)20-22-32(35)41)27-21-23-29-28-14-10-11-18-36(28)43(4,5)37(29)25-27/h6-25H,2H2,1,3-5H3/b13-6-. The van der Waals surface area contributed by atoms with E-state index in [0.29, 0.717) is 0 Å². The van der Waals surface area contributed by atoms with E-state index in [1.807, 2.05) is 17.4 Å². The minimum Gasteiger partial charge on any atom is -0.135 e. The first-order chi connectivity index (χ1) is 21.4. The first-order valence-electron chi connectivity index (χ1n) is 15.4. The average molecular weight is 583 g/mol. The fourth-order valence-electron chi connectivity index (χ4n) is 7.64. The third kappa shape index (κ3) is 3.76. The fourth-order valence-corrected chi connectivity index (χ4v) is 8.70. The first kappa shape index (κ1) is 26.9. The third-order valence-corrected chi connectivity index (χ3v) is 10.8. The van der Waals surface area contributed by atoms with Gasteiger partial charge in [0, 0.05) is 25.9 Å². The molecule has 8 rings (SSSR count). The maximum Gasteiger partial charge on any atom is 0.0361 e. The van der Waals surface area contributed by atoms with Gasteiger partial charge in [-0.1, -0.05) is 135 Å². The summed E-state index contributed by atoms with van der Waals surface area (Å²) in [5.41, 5.74) is 13.2. The molecule has 0 aliphatic heterocycles. The molecule has 0 radical (unpaired) electrons. The molecule has 1 aliphatic carbocycles. The lowest BCUT2D eigenvalue weighted by Crippen LogP contribution is -2.14. The van der Waals surface area contributed by atoms with Gasteiger partial charge in [-0.2, -0.15) is 0 Å². The molecule has 1 heteroatoms. The zero-order valence-electron chi connectivity index (χ0n) is 25.7. The Hall–Kier alpha value is -4.72. The number of hydrogen-bond donors (Lipinski definition) is 0. The monoisotopic (exact) mass is 582 g/mol. The van der Waals surface area contributed by atoms with Gasteiger partial charge in [-0.05, 0) is 92.0 Å². The summed E-state index contributed by atoms with van der Waals surface area (Å²) >= 11 is 1.82. The van der Waals surface area contributed by atoms with Gasteiger partial charge >= 0.3 is 0 Å². The van der Waals surface area contributed by atoms with Crippen molar-refractivity contribution < 1.29 is 0 Å². The molecule has 0 nitrogen and oxygen atoms in total. The second kappa shape index (κ2) is 9.91. The van der Waals surface area contributed by atoms with Crippen molar-refractivity contribution >= 4 is 55.1 Å². The van der Waals surface area contributed by atoms with Crippen LogP contribution in [-0.4, -0.2) is 0 Å². The molecule has 0 spiro atoms. The SMILES string of the molecule is C=Cc1sc2cccc(-c3c4ccccc4c(-c4ccc5c(c4)C(C)(C)c4ccccc4-5)c4cc(C)ccc34)c2c1/C=C\C. The van der Waals surface area contributed by atoms with Crippen molar-refractivity contribution in [2.24, 2.45) is 0 Å². The summed E-state index contributed by atoms with van der Waals surface area (Å²) in [4.78, 5) is 1.22. The normalized spacial score (nSPS) is 13.6. The molecule has 1 aromatic heterocycles. The van der Waals surface area contributed by atoms with Crippen LogP contribution in [0.25, 0.3) is 77.2 Å². The number of benzene rings is 6. The average Bonchev–Trinajstić information content (AvgIpc) is 3.51. The molecule has 0 atom stereocenters. The van der Waals surface area contributed by atoms with Crippen molar-refractivity contribution in [3.05, 3.63) is 143 Å². The second-order valence-electron chi connectivity index (χ2n) is 12.5. The van der Waals surface area contributed by atoms with Gasteiger partial charge < -0.3 is 0 Å². The van der Waals surface area contributed by atoms with Crippen molar-refractivity contribution in [3.63, 3.8) is 0 Å². The molecule has 7 aromatic rings. The molecule has 0 saturated carbocycles. The van der Waals surface area contributed by atoms with Crippen LogP contribution in [0.2, 0.25) is 0 Å². The van der Waals surface area contributed by atoms with E-state index < -0.39 is 0 Å². The number of fused-ring (bicyclic) bond motifs is 6. The van der Waals surface area contributed by atoms with Gasteiger partial charge in [-0.25, -0.2) is 0 Å². The van der Waals surface area contributed by atoms with Crippen LogP contribution in [-0.2, 0) is 5.41 Å². The molecule has 6 aromatic carbocycles. The summed E-state index contributed by atoms with van der Waals surface area (Å²) in [6.07, 6.45) is 6.38. The summed E-state index contributed by atoms with van der Waals surface area (Å²) in [5, 5.41) is 6.47. The number of aryl methyl sites for hydroxylation is 1. The largest absolute Gasteiger partial charge is 0.135 e. The molecular formula is C43H34S. The maximum atomic E-state index is 4.15.